The van der Waals surface area contributed by atoms with Gasteiger partial charge in [-0.15, -0.1) is 0 Å². The van der Waals surface area contributed by atoms with Crippen molar-refractivity contribution in [3.8, 4) is 0 Å². The van der Waals surface area contributed by atoms with Gasteiger partial charge in [-0.1, -0.05) is 42.0 Å². The minimum Gasteiger partial charge on any atom is -0.330 e. The molecule has 3 aromatic carbocycles. The summed E-state index contributed by atoms with van der Waals surface area (Å²) in [5, 5.41) is 0.931. The fraction of sp³-hybridized carbons (Fsp3) is 0.154. The predicted molar refractivity (Wildman–Crippen MR) is 120 cm³/mol. The summed E-state index contributed by atoms with van der Waals surface area (Å²) in [7, 11) is 0. The Hall–Kier alpha value is -3.73. The number of fused-ring (bicyclic) bond motifs is 1. The fourth-order valence-corrected chi connectivity index (χ4v) is 3.83. The smallest absolute Gasteiger partial charge is 0.254 e. The first-order valence-corrected chi connectivity index (χ1v) is 10.1. The van der Waals surface area contributed by atoms with Crippen LogP contribution < -0.4 is 5.56 Å². The number of carbonyl (C=O) groups is 1. The number of aromatic amines is 1. The van der Waals surface area contributed by atoms with Gasteiger partial charge in [-0.25, -0.2) is 4.39 Å². The molecule has 1 heterocycles. The zero-order chi connectivity index (χ0) is 22.0. The molecule has 0 saturated carbocycles. The molecule has 0 fully saturated rings. The molecule has 0 atom stereocenters. The number of rotatable bonds is 5. The Bertz CT molecular complexity index is 1300. The number of benzene rings is 3. The highest BCUT2D eigenvalue weighted by Crippen LogP contribution is 2.20. The van der Waals surface area contributed by atoms with Crippen LogP contribution >= 0.6 is 0 Å². The van der Waals surface area contributed by atoms with Gasteiger partial charge >= 0.3 is 0 Å². The van der Waals surface area contributed by atoms with E-state index in [4.69, 9.17) is 0 Å². The number of hydrogen-bond donors (Lipinski definition) is 1. The lowest BCUT2D eigenvalue weighted by Crippen LogP contribution is -2.32. The molecule has 5 heteroatoms. The van der Waals surface area contributed by atoms with E-state index in [0.29, 0.717) is 11.1 Å². The van der Waals surface area contributed by atoms with E-state index in [2.05, 4.69) is 4.98 Å². The van der Waals surface area contributed by atoms with Crippen LogP contribution in [0.15, 0.2) is 77.6 Å². The molecule has 156 valence electrons. The zero-order valence-corrected chi connectivity index (χ0v) is 17.5. The number of hydrogen-bond acceptors (Lipinski definition) is 2. The van der Waals surface area contributed by atoms with Crippen molar-refractivity contribution in [3.63, 3.8) is 0 Å². The van der Waals surface area contributed by atoms with Crippen LogP contribution in [0.1, 0.15) is 32.6 Å². The monoisotopic (exact) mass is 414 g/mol. The third kappa shape index (κ3) is 4.56. The van der Waals surface area contributed by atoms with Crippen molar-refractivity contribution < 1.29 is 9.18 Å². The average molecular weight is 414 g/mol. The van der Waals surface area contributed by atoms with Gasteiger partial charge in [-0.05, 0) is 66.8 Å². The summed E-state index contributed by atoms with van der Waals surface area (Å²) in [5.74, 6) is -0.522. The Kier molecular flexibility index (Phi) is 5.67. The van der Waals surface area contributed by atoms with Crippen LogP contribution in [0.3, 0.4) is 0 Å². The minimum atomic E-state index is -0.332. The Labute approximate surface area is 180 Å². The largest absolute Gasteiger partial charge is 0.330 e. The number of amides is 1. The third-order valence-corrected chi connectivity index (χ3v) is 5.33. The zero-order valence-electron chi connectivity index (χ0n) is 17.5. The second-order valence-corrected chi connectivity index (χ2v) is 7.82. The van der Waals surface area contributed by atoms with E-state index in [1.807, 2.05) is 38.1 Å². The molecule has 1 N–H and O–H groups in total. The van der Waals surface area contributed by atoms with Gasteiger partial charge in [-0.3, -0.25) is 9.59 Å². The van der Waals surface area contributed by atoms with Gasteiger partial charge in [0.25, 0.3) is 11.5 Å². The van der Waals surface area contributed by atoms with Gasteiger partial charge in [0.1, 0.15) is 5.82 Å². The summed E-state index contributed by atoms with van der Waals surface area (Å²) in [5.41, 5.74) is 4.52. The first-order chi connectivity index (χ1) is 14.9. The molecule has 4 nitrogen and oxygen atoms in total. The van der Waals surface area contributed by atoms with Crippen LogP contribution in [0, 0.1) is 19.7 Å². The van der Waals surface area contributed by atoms with Crippen molar-refractivity contribution in [2.45, 2.75) is 26.9 Å². The van der Waals surface area contributed by atoms with E-state index in [1.54, 1.807) is 41.3 Å². The summed E-state index contributed by atoms with van der Waals surface area (Å²) in [4.78, 5) is 30.6. The number of H-pyrrole nitrogens is 1. The lowest BCUT2D eigenvalue weighted by Gasteiger charge is -2.23. The average Bonchev–Trinajstić information content (AvgIpc) is 2.76. The van der Waals surface area contributed by atoms with E-state index in [-0.39, 0.29) is 30.4 Å². The first kappa shape index (κ1) is 20.5. The minimum absolute atomic E-state index is 0.142. The van der Waals surface area contributed by atoms with Gasteiger partial charge in [0.2, 0.25) is 0 Å². The SMILES string of the molecule is Cc1cc(C)c2[nH]c(=O)c(CN(Cc3ccc(F)cc3)C(=O)c3ccccc3)cc2c1. The lowest BCUT2D eigenvalue weighted by atomic mass is 10.0. The molecular formula is C26H23FN2O2. The number of halogens is 1. The van der Waals surface area contributed by atoms with Crippen LogP contribution in [0.5, 0.6) is 0 Å². The molecule has 0 saturated heterocycles. The maximum Gasteiger partial charge on any atom is 0.254 e. The molecule has 4 rings (SSSR count). The molecule has 0 radical (unpaired) electrons. The van der Waals surface area contributed by atoms with E-state index in [9.17, 15) is 14.0 Å². The standard InChI is InChI=1S/C26H23FN2O2/c1-17-12-18(2)24-21(13-17)14-22(25(30)28-24)16-29(15-19-8-10-23(27)11-9-19)26(31)20-6-4-3-5-7-20/h3-14H,15-16H2,1-2H3,(H,28,30). The van der Waals surface area contributed by atoms with Crippen molar-refractivity contribution >= 4 is 16.8 Å². The van der Waals surface area contributed by atoms with Gasteiger partial charge in [0.15, 0.2) is 0 Å². The highest BCUT2D eigenvalue weighted by Gasteiger charge is 2.18. The summed E-state index contributed by atoms with van der Waals surface area (Å²) >= 11 is 0. The second kappa shape index (κ2) is 8.56. The van der Waals surface area contributed by atoms with Crippen molar-refractivity contribution in [1.29, 1.82) is 0 Å². The molecule has 0 spiro atoms. The van der Waals surface area contributed by atoms with Crippen molar-refractivity contribution in [2.24, 2.45) is 0 Å². The Morgan fingerprint density at radius 3 is 2.35 bits per heavy atom. The van der Waals surface area contributed by atoms with E-state index in [1.165, 1.54) is 12.1 Å². The van der Waals surface area contributed by atoms with Crippen LogP contribution in [-0.4, -0.2) is 15.8 Å². The van der Waals surface area contributed by atoms with Crippen LogP contribution in [0.4, 0.5) is 4.39 Å². The van der Waals surface area contributed by atoms with Crippen LogP contribution in [0.2, 0.25) is 0 Å². The van der Waals surface area contributed by atoms with Gasteiger partial charge in [0.05, 0.1) is 12.1 Å². The third-order valence-electron chi connectivity index (χ3n) is 5.33. The molecular weight excluding hydrogens is 391 g/mol. The molecule has 4 aromatic rings. The predicted octanol–water partition coefficient (Wildman–Crippen LogP) is 5.13. The van der Waals surface area contributed by atoms with Gasteiger partial charge in [0, 0.05) is 17.7 Å². The lowest BCUT2D eigenvalue weighted by molar-refractivity contribution is 0.0729. The summed E-state index contributed by atoms with van der Waals surface area (Å²) < 4.78 is 13.3. The van der Waals surface area contributed by atoms with Crippen molar-refractivity contribution in [1.82, 2.24) is 9.88 Å². The van der Waals surface area contributed by atoms with E-state index >= 15 is 0 Å². The number of nitrogens with zero attached hydrogens (tertiary/aromatic N) is 1. The topological polar surface area (TPSA) is 53.2 Å². The van der Waals surface area contributed by atoms with E-state index < -0.39 is 0 Å². The van der Waals surface area contributed by atoms with Gasteiger partial charge < -0.3 is 9.88 Å². The summed E-state index contributed by atoms with van der Waals surface area (Å²) in [6, 6.07) is 20.9. The summed E-state index contributed by atoms with van der Waals surface area (Å²) in [6.45, 7) is 4.38. The number of aryl methyl sites for hydroxylation is 2. The molecule has 0 aliphatic heterocycles. The maximum atomic E-state index is 13.3. The van der Waals surface area contributed by atoms with Crippen molar-refractivity contribution in [2.75, 3.05) is 0 Å². The maximum absolute atomic E-state index is 13.3. The molecule has 1 aromatic heterocycles. The van der Waals surface area contributed by atoms with Crippen molar-refractivity contribution in [3.05, 3.63) is 117 Å². The Morgan fingerprint density at radius 2 is 1.65 bits per heavy atom. The normalized spacial score (nSPS) is 10.9. The highest BCUT2D eigenvalue weighted by molar-refractivity contribution is 5.94. The Morgan fingerprint density at radius 1 is 0.935 bits per heavy atom. The number of pyridine rings is 1. The molecule has 1 amide bonds. The second-order valence-electron chi connectivity index (χ2n) is 7.82. The first-order valence-electron chi connectivity index (χ1n) is 10.1. The highest BCUT2D eigenvalue weighted by atomic mass is 19.1. The number of nitrogens with one attached hydrogen (secondary N) is 1. The number of aromatic nitrogens is 1. The molecule has 0 unspecified atom stereocenters. The number of carbonyl (C=O) groups excluding carboxylic acids is 1. The Balaban J connectivity index is 1.73. The van der Waals surface area contributed by atoms with Crippen LogP contribution in [-0.2, 0) is 13.1 Å². The molecule has 0 aliphatic rings. The fourth-order valence-electron chi connectivity index (χ4n) is 3.83. The quantitative estimate of drug-likeness (QED) is 0.492. The van der Waals surface area contributed by atoms with E-state index in [0.717, 1.165) is 27.6 Å². The summed E-state index contributed by atoms with van der Waals surface area (Å²) in [6.07, 6.45) is 0. The van der Waals surface area contributed by atoms with Gasteiger partial charge in [-0.2, -0.15) is 0 Å². The molecule has 0 bridgehead atoms. The van der Waals surface area contributed by atoms with Crippen LogP contribution in [0.25, 0.3) is 10.9 Å². The molecule has 31 heavy (non-hydrogen) atoms. The molecule has 0 aliphatic carbocycles.